The highest BCUT2D eigenvalue weighted by Gasteiger charge is 2.35. The van der Waals surface area contributed by atoms with Gasteiger partial charge in [-0.1, -0.05) is 19.1 Å². The number of non-ortho nitro benzene ring substituents is 1. The molecule has 3 rings (SSSR count). The quantitative estimate of drug-likeness (QED) is 0.647. The van der Waals surface area contributed by atoms with E-state index in [4.69, 9.17) is 0 Å². The van der Waals surface area contributed by atoms with Gasteiger partial charge in [0.15, 0.2) is 0 Å². The Hall–Kier alpha value is -3.22. The van der Waals surface area contributed by atoms with Gasteiger partial charge in [0.2, 0.25) is 11.8 Å². The average Bonchev–Trinajstić information content (AvgIpc) is 3.05. The zero-order chi connectivity index (χ0) is 19.6. The summed E-state index contributed by atoms with van der Waals surface area (Å²) < 4.78 is 0. The van der Waals surface area contributed by atoms with Crippen molar-refractivity contribution in [2.45, 2.75) is 26.7 Å². The Morgan fingerprint density at radius 1 is 1.26 bits per heavy atom. The summed E-state index contributed by atoms with van der Waals surface area (Å²) in [6.07, 6.45) is 1.07. The van der Waals surface area contributed by atoms with Crippen LogP contribution in [-0.2, 0) is 16.0 Å². The number of carbonyl (C=O) groups is 2. The monoisotopic (exact) mass is 367 g/mol. The number of hydrogen-bond donors (Lipinski definition) is 1. The van der Waals surface area contributed by atoms with Gasteiger partial charge >= 0.3 is 0 Å². The Balaban J connectivity index is 1.69. The molecule has 0 saturated carbocycles. The smallest absolute Gasteiger partial charge is 0.269 e. The zero-order valence-electron chi connectivity index (χ0n) is 15.3. The maximum absolute atomic E-state index is 12.6. The van der Waals surface area contributed by atoms with E-state index in [0.29, 0.717) is 17.8 Å². The van der Waals surface area contributed by atoms with Crippen molar-refractivity contribution in [3.05, 3.63) is 63.7 Å². The van der Waals surface area contributed by atoms with E-state index in [2.05, 4.69) is 12.2 Å². The average molecular weight is 367 g/mol. The molecule has 1 fully saturated rings. The molecule has 7 nitrogen and oxygen atoms in total. The number of nitrogens with one attached hydrogen (secondary N) is 1. The van der Waals surface area contributed by atoms with Gasteiger partial charge in [0.25, 0.3) is 5.69 Å². The number of rotatable bonds is 5. The maximum atomic E-state index is 12.6. The summed E-state index contributed by atoms with van der Waals surface area (Å²) in [5, 5.41) is 13.6. The van der Waals surface area contributed by atoms with Gasteiger partial charge in [-0.15, -0.1) is 0 Å². The van der Waals surface area contributed by atoms with E-state index in [1.165, 1.54) is 23.8 Å². The molecule has 1 saturated heterocycles. The summed E-state index contributed by atoms with van der Waals surface area (Å²) in [6.45, 7) is 4.09. The first-order chi connectivity index (χ1) is 12.9. The minimum Gasteiger partial charge on any atom is -0.326 e. The minimum atomic E-state index is -0.476. The van der Waals surface area contributed by atoms with Gasteiger partial charge in [-0.25, -0.2) is 0 Å². The molecule has 1 aliphatic heterocycles. The fraction of sp³-hybridized carbons (Fsp3) is 0.300. The van der Waals surface area contributed by atoms with Gasteiger partial charge in [-0.05, 0) is 42.7 Å². The van der Waals surface area contributed by atoms with Crippen LogP contribution in [0.2, 0.25) is 0 Å². The fourth-order valence-electron chi connectivity index (χ4n) is 3.18. The normalized spacial score (nSPS) is 16.4. The van der Waals surface area contributed by atoms with E-state index in [0.717, 1.165) is 12.1 Å². The number of nitrogens with zero attached hydrogens (tertiary/aromatic N) is 2. The lowest BCUT2D eigenvalue weighted by Gasteiger charge is -2.17. The largest absolute Gasteiger partial charge is 0.326 e. The van der Waals surface area contributed by atoms with Crippen LogP contribution in [0.1, 0.15) is 24.5 Å². The molecule has 1 aliphatic rings. The number of nitro benzene ring substituents is 1. The van der Waals surface area contributed by atoms with E-state index < -0.39 is 10.8 Å². The van der Waals surface area contributed by atoms with Gasteiger partial charge in [0.1, 0.15) is 0 Å². The van der Waals surface area contributed by atoms with Crippen molar-refractivity contribution in [1.82, 2.24) is 0 Å². The summed E-state index contributed by atoms with van der Waals surface area (Å²) in [7, 11) is 0. The number of hydrogen-bond acceptors (Lipinski definition) is 4. The number of aryl methyl sites for hydroxylation is 2. The third-order valence-corrected chi connectivity index (χ3v) is 4.83. The molecule has 7 heteroatoms. The van der Waals surface area contributed by atoms with E-state index in [1.54, 1.807) is 11.8 Å². The molecule has 2 amide bonds. The number of anilines is 2. The molecule has 2 aromatic rings. The van der Waals surface area contributed by atoms with Gasteiger partial charge in [-0.2, -0.15) is 0 Å². The summed E-state index contributed by atoms with van der Waals surface area (Å²) >= 11 is 0. The predicted molar refractivity (Wildman–Crippen MR) is 103 cm³/mol. The lowest BCUT2D eigenvalue weighted by molar-refractivity contribution is -0.384. The van der Waals surface area contributed by atoms with E-state index >= 15 is 0 Å². The van der Waals surface area contributed by atoms with Crippen molar-refractivity contribution in [2.24, 2.45) is 5.92 Å². The highest BCUT2D eigenvalue weighted by Crippen LogP contribution is 2.27. The number of amides is 2. The van der Waals surface area contributed by atoms with Crippen molar-refractivity contribution < 1.29 is 14.5 Å². The summed E-state index contributed by atoms with van der Waals surface area (Å²) in [4.78, 5) is 36.9. The first kappa shape index (κ1) is 18.6. The first-order valence-electron chi connectivity index (χ1n) is 8.84. The first-order valence-corrected chi connectivity index (χ1v) is 8.84. The molecule has 1 N–H and O–H groups in total. The fourth-order valence-corrected chi connectivity index (χ4v) is 3.18. The Kier molecular flexibility index (Phi) is 5.21. The second-order valence-corrected chi connectivity index (χ2v) is 6.67. The van der Waals surface area contributed by atoms with Gasteiger partial charge in [0.05, 0.1) is 10.8 Å². The molecule has 1 heterocycles. The molecule has 0 radical (unpaired) electrons. The van der Waals surface area contributed by atoms with E-state index in [-0.39, 0.29) is 23.9 Å². The Bertz CT molecular complexity index is 893. The molecule has 0 unspecified atom stereocenters. The molecule has 0 spiro atoms. The van der Waals surface area contributed by atoms with Crippen molar-refractivity contribution >= 4 is 28.9 Å². The highest BCUT2D eigenvalue weighted by atomic mass is 16.6. The third-order valence-electron chi connectivity index (χ3n) is 4.83. The molecule has 0 aromatic heterocycles. The maximum Gasteiger partial charge on any atom is 0.269 e. The number of carbonyl (C=O) groups excluding carboxylic acids is 2. The third kappa shape index (κ3) is 3.97. The summed E-state index contributed by atoms with van der Waals surface area (Å²) in [6, 6.07) is 12.0. The minimum absolute atomic E-state index is 0.0248. The lowest BCUT2D eigenvalue weighted by Crippen LogP contribution is -2.28. The van der Waals surface area contributed by atoms with Gasteiger partial charge in [0, 0.05) is 36.5 Å². The molecule has 0 aliphatic carbocycles. The molecule has 2 aromatic carbocycles. The topological polar surface area (TPSA) is 92.6 Å². The SMILES string of the molecule is CCc1ccc(N2C[C@@H](C(=O)Nc3ccc([N+](=O)[O-])cc3C)CC2=O)cc1. The molecule has 27 heavy (non-hydrogen) atoms. The molecule has 140 valence electrons. The van der Waals surface area contributed by atoms with Crippen molar-refractivity contribution in [2.75, 3.05) is 16.8 Å². The Morgan fingerprint density at radius 2 is 1.96 bits per heavy atom. The number of nitro groups is 1. The molecular formula is C20H21N3O4. The summed E-state index contributed by atoms with van der Waals surface area (Å²) in [5.41, 5.74) is 3.08. The Morgan fingerprint density at radius 3 is 2.56 bits per heavy atom. The second-order valence-electron chi connectivity index (χ2n) is 6.67. The van der Waals surface area contributed by atoms with Crippen LogP contribution in [0.3, 0.4) is 0 Å². The van der Waals surface area contributed by atoms with Crippen LogP contribution in [0, 0.1) is 23.0 Å². The second kappa shape index (κ2) is 7.57. The standard InChI is InChI=1S/C20H21N3O4/c1-3-14-4-6-16(7-5-14)22-12-15(11-19(22)24)20(25)21-18-9-8-17(23(26)27)10-13(18)2/h4-10,15H,3,11-12H2,1-2H3,(H,21,25)/t15-/m0/s1. The molecule has 1 atom stereocenters. The lowest BCUT2D eigenvalue weighted by atomic mass is 10.1. The van der Waals surface area contributed by atoms with Crippen LogP contribution in [0.15, 0.2) is 42.5 Å². The van der Waals surface area contributed by atoms with E-state index in [1.807, 2.05) is 24.3 Å². The van der Waals surface area contributed by atoms with Crippen molar-refractivity contribution in [3.63, 3.8) is 0 Å². The zero-order valence-corrected chi connectivity index (χ0v) is 15.3. The van der Waals surface area contributed by atoms with Crippen LogP contribution in [0.5, 0.6) is 0 Å². The van der Waals surface area contributed by atoms with Crippen LogP contribution in [0.25, 0.3) is 0 Å². The molecule has 0 bridgehead atoms. The van der Waals surface area contributed by atoms with Crippen LogP contribution in [-0.4, -0.2) is 23.3 Å². The van der Waals surface area contributed by atoms with E-state index in [9.17, 15) is 19.7 Å². The van der Waals surface area contributed by atoms with Crippen LogP contribution in [0.4, 0.5) is 17.1 Å². The number of benzene rings is 2. The van der Waals surface area contributed by atoms with Crippen molar-refractivity contribution in [3.8, 4) is 0 Å². The predicted octanol–water partition coefficient (Wildman–Crippen LogP) is 3.46. The highest BCUT2D eigenvalue weighted by molar-refractivity contribution is 6.03. The molecular weight excluding hydrogens is 346 g/mol. The van der Waals surface area contributed by atoms with Gasteiger partial charge < -0.3 is 10.2 Å². The van der Waals surface area contributed by atoms with Crippen molar-refractivity contribution in [1.29, 1.82) is 0 Å². The van der Waals surface area contributed by atoms with Crippen LogP contribution >= 0.6 is 0 Å². The Labute approximate surface area is 157 Å². The summed E-state index contributed by atoms with van der Waals surface area (Å²) in [5.74, 6) is -0.800. The van der Waals surface area contributed by atoms with Gasteiger partial charge in [-0.3, -0.25) is 19.7 Å². The van der Waals surface area contributed by atoms with Crippen LogP contribution < -0.4 is 10.2 Å².